The Kier molecular flexibility index (Phi) is 6.48. The number of ether oxygens (including phenoxy) is 1. The summed E-state index contributed by atoms with van der Waals surface area (Å²) in [6.07, 6.45) is 5.23. The molecule has 5 nitrogen and oxygen atoms in total. The number of piperidine rings is 1. The van der Waals surface area contributed by atoms with E-state index in [0.717, 1.165) is 37.2 Å². The number of likely N-dealkylation sites (tertiary alicyclic amines) is 1. The number of hydrogen-bond donors (Lipinski definition) is 1. The number of hydrogen-bond acceptors (Lipinski definition) is 3. The van der Waals surface area contributed by atoms with Crippen molar-refractivity contribution in [1.82, 2.24) is 4.90 Å². The number of para-hydroxylation sites is 1. The average Bonchev–Trinajstić information content (AvgIpc) is 2.73. The van der Waals surface area contributed by atoms with Gasteiger partial charge in [-0.05, 0) is 54.7 Å². The monoisotopic (exact) mass is 378 g/mol. The molecule has 0 saturated carbocycles. The van der Waals surface area contributed by atoms with Crippen LogP contribution in [0.2, 0.25) is 0 Å². The molecule has 1 aliphatic heterocycles. The second-order valence-electron chi connectivity index (χ2n) is 7.12. The van der Waals surface area contributed by atoms with Crippen LogP contribution in [0.1, 0.15) is 35.7 Å². The van der Waals surface area contributed by atoms with Gasteiger partial charge in [0.05, 0.1) is 18.4 Å². The SMILES string of the molecule is COc1ccc(/C=C/C(=O)Nc2ccccc2C(=O)N2CCC(C)CC2)cc1. The molecule has 2 aromatic rings. The van der Waals surface area contributed by atoms with E-state index >= 15 is 0 Å². The van der Waals surface area contributed by atoms with Gasteiger partial charge in [-0.25, -0.2) is 0 Å². The predicted molar refractivity (Wildman–Crippen MR) is 111 cm³/mol. The fourth-order valence-corrected chi connectivity index (χ4v) is 3.22. The second-order valence-corrected chi connectivity index (χ2v) is 7.12. The van der Waals surface area contributed by atoms with E-state index < -0.39 is 0 Å². The largest absolute Gasteiger partial charge is 0.497 e. The van der Waals surface area contributed by atoms with Crippen molar-refractivity contribution in [1.29, 1.82) is 0 Å². The summed E-state index contributed by atoms with van der Waals surface area (Å²) in [6.45, 7) is 3.74. The van der Waals surface area contributed by atoms with E-state index in [0.29, 0.717) is 17.2 Å². The molecule has 0 bridgehead atoms. The van der Waals surface area contributed by atoms with Crippen LogP contribution in [0, 0.1) is 5.92 Å². The van der Waals surface area contributed by atoms with Crippen LogP contribution in [0.25, 0.3) is 6.08 Å². The third-order valence-corrected chi connectivity index (χ3v) is 5.03. The summed E-state index contributed by atoms with van der Waals surface area (Å²) in [7, 11) is 1.61. The van der Waals surface area contributed by atoms with Crippen molar-refractivity contribution in [3.63, 3.8) is 0 Å². The van der Waals surface area contributed by atoms with Crippen molar-refractivity contribution < 1.29 is 14.3 Å². The van der Waals surface area contributed by atoms with E-state index in [-0.39, 0.29) is 11.8 Å². The van der Waals surface area contributed by atoms with Crippen LogP contribution >= 0.6 is 0 Å². The first-order valence-electron chi connectivity index (χ1n) is 9.58. The van der Waals surface area contributed by atoms with E-state index in [2.05, 4.69) is 12.2 Å². The molecule has 1 aliphatic rings. The highest BCUT2D eigenvalue weighted by atomic mass is 16.5. The molecule has 1 heterocycles. The van der Waals surface area contributed by atoms with Gasteiger partial charge in [-0.3, -0.25) is 9.59 Å². The van der Waals surface area contributed by atoms with Crippen LogP contribution in [0.3, 0.4) is 0 Å². The average molecular weight is 378 g/mol. The van der Waals surface area contributed by atoms with Gasteiger partial charge in [0.1, 0.15) is 5.75 Å². The maximum atomic E-state index is 12.9. The van der Waals surface area contributed by atoms with Crippen molar-refractivity contribution in [2.75, 3.05) is 25.5 Å². The Balaban J connectivity index is 1.67. The van der Waals surface area contributed by atoms with Crippen LogP contribution in [0.15, 0.2) is 54.6 Å². The number of amides is 2. The quantitative estimate of drug-likeness (QED) is 0.793. The van der Waals surface area contributed by atoms with Gasteiger partial charge in [-0.15, -0.1) is 0 Å². The summed E-state index contributed by atoms with van der Waals surface area (Å²) in [4.78, 5) is 27.1. The number of nitrogens with zero attached hydrogens (tertiary/aromatic N) is 1. The molecule has 0 atom stereocenters. The van der Waals surface area contributed by atoms with Crippen molar-refractivity contribution in [2.24, 2.45) is 5.92 Å². The molecule has 2 aromatic carbocycles. The molecule has 0 aromatic heterocycles. The summed E-state index contributed by atoms with van der Waals surface area (Å²) in [5.74, 6) is 1.12. The molecular formula is C23H26N2O3. The normalized spacial score (nSPS) is 14.9. The van der Waals surface area contributed by atoms with Gasteiger partial charge in [-0.2, -0.15) is 0 Å². The Morgan fingerprint density at radius 2 is 1.75 bits per heavy atom. The van der Waals surface area contributed by atoms with E-state index in [9.17, 15) is 9.59 Å². The molecule has 1 N–H and O–H groups in total. The lowest BCUT2D eigenvalue weighted by atomic mass is 9.98. The molecule has 5 heteroatoms. The summed E-state index contributed by atoms with van der Waals surface area (Å²) in [5.41, 5.74) is 1.96. The highest BCUT2D eigenvalue weighted by molar-refractivity contribution is 6.07. The van der Waals surface area contributed by atoms with Gasteiger partial charge in [-0.1, -0.05) is 31.2 Å². The summed E-state index contributed by atoms with van der Waals surface area (Å²) in [5, 5.41) is 2.83. The molecule has 2 amide bonds. The molecule has 0 aliphatic carbocycles. The zero-order valence-electron chi connectivity index (χ0n) is 16.4. The van der Waals surface area contributed by atoms with Crippen molar-refractivity contribution in [3.8, 4) is 5.75 Å². The van der Waals surface area contributed by atoms with Crippen molar-refractivity contribution in [3.05, 3.63) is 65.7 Å². The molecule has 1 fully saturated rings. The lowest BCUT2D eigenvalue weighted by molar-refractivity contribution is -0.111. The van der Waals surface area contributed by atoms with Crippen LogP contribution in [-0.2, 0) is 4.79 Å². The van der Waals surface area contributed by atoms with E-state index in [1.807, 2.05) is 41.3 Å². The van der Waals surface area contributed by atoms with Gasteiger partial charge in [0.25, 0.3) is 5.91 Å². The highest BCUT2D eigenvalue weighted by Crippen LogP contribution is 2.22. The smallest absolute Gasteiger partial charge is 0.255 e. The number of carbonyl (C=O) groups is 2. The number of rotatable bonds is 5. The first-order chi connectivity index (χ1) is 13.6. The van der Waals surface area contributed by atoms with Crippen LogP contribution in [0.5, 0.6) is 5.75 Å². The van der Waals surface area contributed by atoms with Gasteiger partial charge in [0.2, 0.25) is 5.91 Å². The Morgan fingerprint density at radius 3 is 2.43 bits per heavy atom. The van der Waals surface area contributed by atoms with Gasteiger partial charge in [0.15, 0.2) is 0 Å². The lowest BCUT2D eigenvalue weighted by Gasteiger charge is -2.30. The zero-order valence-corrected chi connectivity index (χ0v) is 16.4. The summed E-state index contributed by atoms with van der Waals surface area (Å²) in [6, 6.07) is 14.6. The van der Waals surface area contributed by atoms with Gasteiger partial charge in [0, 0.05) is 19.2 Å². The molecule has 28 heavy (non-hydrogen) atoms. The standard InChI is InChI=1S/C23H26N2O3/c1-17-13-15-25(16-14-17)23(27)20-5-3-4-6-21(20)24-22(26)12-9-18-7-10-19(28-2)11-8-18/h3-12,17H,13-16H2,1-2H3,(H,24,26)/b12-9+. The first kappa shape index (κ1) is 19.7. The van der Waals surface area contributed by atoms with E-state index in [4.69, 9.17) is 4.74 Å². The Labute approximate surface area is 166 Å². The first-order valence-corrected chi connectivity index (χ1v) is 9.58. The number of nitrogens with one attached hydrogen (secondary N) is 1. The lowest BCUT2D eigenvalue weighted by Crippen LogP contribution is -2.38. The maximum absolute atomic E-state index is 12.9. The van der Waals surface area contributed by atoms with Gasteiger partial charge < -0.3 is 15.0 Å². The molecule has 1 saturated heterocycles. The van der Waals surface area contributed by atoms with Crippen LogP contribution in [0.4, 0.5) is 5.69 Å². The fourth-order valence-electron chi connectivity index (χ4n) is 3.22. The Morgan fingerprint density at radius 1 is 1.07 bits per heavy atom. The highest BCUT2D eigenvalue weighted by Gasteiger charge is 2.23. The van der Waals surface area contributed by atoms with Crippen molar-refractivity contribution in [2.45, 2.75) is 19.8 Å². The molecule has 3 rings (SSSR count). The van der Waals surface area contributed by atoms with Crippen LogP contribution < -0.4 is 10.1 Å². The maximum Gasteiger partial charge on any atom is 0.255 e. The molecule has 0 radical (unpaired) electrons. The Hall–Kier alpha value is -3.08. The molecule has 0 unspecified atom stereocenters. The van der Waals surface area contributed by atoms with E-state index in [1.165, 1.54) is 6.08 Å². The predicted octanol–water partition coefficient (Wildman–Crippen LogP) is 4.22. The minimum absolute atomic E-state index is 0.0260. The van der Waals surface area contributed by atoms with E-state index in [1.54, 1.807) is 25.3 Å². The topological polar surface area (TPSA) is 58.6 Å². The number of methoxy groups -OCH3 is 1. The summed E-state index contributed by atoms with van der Waals surface area (Å²) < 4.78 is 5.13. The number of benzene rings is 2. The third-order valence-electron chi connectivity index (χ3n) is 5.03. The van der Waals surface area contributed by atoms with Gasteiger partial charge >= 0.3 is 0 Å². The fraction of sp³-hybridized carbons (Fsp3) is 0.304. The van der Waals surface area contributed by atoms with Crippen LogP contribution in [-0.4, -0.2) is 36.9 Å². The third kappa shape index (κ3) is 5.00. The minimum Gasteiger partial charge on any atom is -0.497 e. The second kappa shape index (κ2) is 9.22. The molecular weight excluding hydrogens is 352 g/mol. The minimum atomic E-state index is -0.275. The summed E-state index contributed by atoms with van der Waals surface area (Å²) >= 11 is 0. The van der Waals surface area contributed by atoms with Crippen molar-refractivity contribution >= 4 is 23.6 Å². The number of anilines is 1. The molecule has 0 spiro atoms. The number of carbonyl (C=O) groups excluding carboxylic acids is 2. The molecule has 146 valence electrons. The Bertz CT molecular complexity index is 850. The zero-order chi connectivity index (χ0) is 19.9.